The van der Waals surface area contributed by atoms with Gasteiger partial charge in [-0.05, 0) is 31.1 Å². The zero-order valence-corrected chi connectivity index (χ0v) is 10.2. The minimum Gasteiger partial charge on any atom is -0.465 e. The largest absolute Gasteiger partial charge is 0.465 e. The molecule has 1 aliphatic rings. The number of rotatable bonds is 5. The van der Waals surface area contributed by atoms with E-state index in [0.717, 1.165) is 38.0 Å². The van der Waals surface area contributed by atoms with E-state index in [1.165, 1.54) is 6.42 Å². The Kier molecular flexibility index (Phi) is 4.40. The average Bonchev–Trinajstić information content (AvgIpc) is 2.82. The van der Waals surface area contributed by atoms with Crippen LogP contribution in [-0.4, -0.2) is 23.8 Å². The Hall–Kier alpha value is -1.06. The average molecular weight is 235 g/mol. The standard InChI is InChI=1S/C14H21NO2/c16-14(8-2-1-3-9-14)12-15-10-4-6-13-7-5-11-17-13/h4-7,11,15-16H,1-3,8-10,12H2/b6-4+. The molecule has 3 nitrogen and oxygen atoms in total. The minimum atomic E-state index is -0.475. The highest BCUT2D eigenvalue weighted by Crippen LogP contribution is 2.27. The molecule has 1 heterocycles. The summed E-state index contributed by atoms with van der Waals surface area (Å²) in [6, 6.07) is 3.79. The van der Waals surface area contributed by atoms with Crippen LogP contribution in [0.1, 0.15) is 37.9 Å². The van der Waals surface area contributed by atoms with Crippen LogP contribution in [0.3, 0.4) is 0 Å². The quantitative estimate of drug-likeness (QED) is 0.771. The highest BCUT2D eigenvalue weighted by atomic mass is 16.3. The van der Waals surface area contributed by atoms with Crippen LogP contribution in [0, 0.1) is 0 Å². The highest BCUT2D eigenvalue weighted by Gasteiger charge is 2.28. The van der Waals surface area contributed by atoms with E-state index in [1.807, 2.05) is 24.3 Å². The Morgan fingerprint density at radius 3 is 2.88 bits per heavy atom. The lowest BCUT2D eigenvalue weighted by Gasteiger charge is -2.32. The van der Waals surface area contributed by atoms with Crippen LogP contribution in [0.4, 0.5) is 0 Å². The zero-order valence-electron chi connectivity index (χ0n) is 10.2. The van der Waals surface area contributed by atoms with E-state index in [0.29, 0.717) is 6.54 Å². The monoisotopic (exact) mass is 235 g/mol. The molecule has 1 aromatic rings. The van der Waals surface area contributed by atoms with Crippen molar-refractivity contribution in [1.29, 1.82) is 0 Å². The van der Waals surface area contributed by atoms with Crippen molar-refractivity contribution in [3.05, 3.63) is 30.2 Å². The second-order valence-electron chi connectivity index (χ2n) is 4.83. The fourth-order valence-corrected chi connectivity index (χ4v) is 2.34. The fraction of sp³-hybridized carbons (Fsp3) is 0.571. The summed E-state index contributed by atoms with van der Waals surface area (Å²) in [6.45, 7) is 1.46. The van der Waals surface area contributed by atoms with E-state index in [2.05, 4.69) is 5.32 Å². The summed E-state index contributed by atoms with van der Waals surface area (Å²) >= 11 is 0. The van der Waals surface area contributed by atoms with Gasteiger partial charge in [0.1, 0.15) is 5.76 Å². The molecular weight excluding hydrogens is 214 g/mol. The van der Waals surface area contributed by atoms with E-state index < -0.39 is 5.60 Å². The van der Waals surface area contributed by atoms with Crippen LogP contribution in [0.2, 0.25) is 0 Å². The van der Waals surface area contributed by atoms with Crippen molar-refractivity contribution >= 4 is 6.08 Å². The van der Waals surface area contributed by atoms with Gasteiger partial charge in [0.05, 0.1) is 11.9 Å². The second-order valence-corrected chi connectivity index (χ2v) is 4.83. The van der Waals surface area contributed by atoms with Crippen LogP contribution in [-0.2, 0) is 0 Å². The normalized spacial score (nSPS) is 19.8. The Balaban J connectivity index is 1.65. The second kappa shape index (κ2) is 6.03. The molecule has 1 aliphatic carbocycles. The minimum absolute atomic E-state index is 0.475. The molecule has 2 N–H and O–H groups in total. The fourth-order valence-electron chi connectivity index (χ4n) is 2.34. The molecule has 0 radical (unpaired) electrons. The molecule has 0 amide bonds. The zero-order chi connectivity index (χ0) is 12.0. The molecule has 0 bridgehead atoms. The van der Waals surface area contributed by atoms with Crippen molar-refractivity contribution in [3.63, 3.8) is 0 Å². The van der Waals surface area contributed by atoms with Gasteiger partial charge in [0, 0.05) is 13.1 Å². The van der Waals surface area contributed by atoms with Gasteiger partial charge in [0.15, 0.2) is 0 Å². The predicted octanol–water partition coefficient (Wildman–Crippen LogP) is 2.58. The van der Waals surface area contributed by atoms with Crippen molar-refractivity contribution in [2.45, 2.75) is 37.7 Å². The molecule has 94 valence electrons. The number of hydrogen-bond acceptors (Lipinski definition) is 3. The number of hydrogen-bond donors (Lipinski definition) is 2. The van der Waals surface area contributed by atoms with Gasteiger partial charge >= 0.3 is 0 Å². The highest BCUT2D eigenvalue weighted by molar-refractivity contribution is 5.42. The van der Waals surface area contributed by atoms with Gasteiger partial charge in [-0.25, -0.2) is 0 Å². The molecule has 0 saturated heterocycles. The maximum Gasteiger partial charge on any atom is 0.126 e. The van der Waals surface area contributed by atoms with Crippen molar-refractivity contribution in [3.8, 4) is 0 Å². The van der Waals surface area contributed by atoms with Gasteiger partial charge in [0.2, 0.25) is 0 Å². The third-order valence-corrected chi connectivity index (χ3v) is 3.33. The maximum absolute atomic E-state index is 10.2. The molecule has 1 fully saturated rings. The number of nitrogens with one attached hydrogen (secondary N) is 1. The third kappa shape index (κ3) is 4.02. The summed E-state index contributed by atoms with van der Waals surface area (Å²) in [4.78, 5) is 0. The summed E-state index contributed by atoms with van der Waals surface area (Å²) in [7, 11) is 0. The predicted molar refractivity (Wildman–Crippen MR) is 68.6 cm³/mol. The van der Waals surface area contributed by atoms with Crippen LogP contribution >= 0.6 is 0 Å². The Morgan fingerprint density at radius 2 is 2.18 bits per heavy atom. The van der Waals surface area contributed by atoms with E-state index in [-0.39, 0.29) is 0 Å². The first-order chi connectivity index (χ1) is 8.29. The molecule has 0 aromatic carbocycles. The molecule has 0 aliphatic heterocycles. The summed E-state index contributed by atoms with van der Waals surface area (Å²) in [6.07, 6.45) is 11.1. The van der Waals surface area contributed by atoms with Crippen LogP contribution in [0.15, 0.2) is 28.9 Å². The smallest absolute Gasteiger partial charge is 0.126 e. The lowest BCUT2D eigenvalue weighted by atomic mass is 9.85. The molecule has 17 heavy (non-hydrogen) atoms. The summed E-state index contributed by atoms with van der Waals surface area (Å²) in [5, 5.41) is 13.5. The lowest BCUT2D eigenvalue weighted by molar-refractivity contribution is 0.00576. The summed E-state index contributed by atoms with van der Waals surface area (Å²) in [5.41, 5.74) is -0.475. The van der Waals surface area contributed by atoms with Crippen molar-refractivity contribution in [2.75, 3.05) is 13.1 Å². The molecule has 0 spiro atoms. The number of aliphatic hydroxyl groups is 1. The van der Waals surface area contributed by atoms with Gasteiger partial charge in [-0.2, -0.15) is 0 Å². The molecule has 1 aromatic heterocycles. The van der Waals surface area contributed by atoms with E-state index in [1.54, 1.807) is 6.26 Å². The molecule has 1 saturated carbocycles. The van der Waals surface area contributed by atoms with Crippen molar-refractivity contribution < 1.29 is 9.52 Å². The topological polar surface area (TPSA) is 45.4 Å². The Morgan fingerprint density at radius 1 is 1.35 bits per heavy atom. The molecular formula is C14H21NO2. The molecule has 2 rings (SSSR count). The van der Waals surface area contributed by atoms with Crippen molar-refractivity contribution in [1.82, 2.24) is 5.32 Å². The van der Waals surface area contributed by atoms with Crippen LogP contribution < -0.4 is 5.32 Å². The maximum atomic E-state index is 10.2. The Labute approximate surface area is 103 Å². The van der Waals surface area contributed by atoms with Crippen molar-refractivity contribution in [2.24, 2.45) is 0 Å². The third-order valence-electron chi connectivity index (χ3n) is 3.33. The lowest BCUT2D eigenvalue weighted by Crippen LogP contribution is -2.42. The summed E-state index contributed by atoms with van der Waals surface area (Å²) in [5.74, 6) is 0.864. The van der Waals surface area contributed by atoms with E-state index in [9.17, 15) is 5.11 Å². The van der Waals surface area contributed by atoms with Crippen LogP contribution in [0.25, 0.3) is 6.08 Å². The van der Waals surface area contributed by atoms with Gasteiger partial charge < -0.3 is 14.8 Å². The number of furan rings is 1. The Bertz CT molecular complexity index is 337. The van der Waals surface area contributed by atoms with Gasteiger partial charge in [-0.3, -0.25) is 0 Å². The van der Waals surface area contributed by atoms with E-state index >= 15 is 0 Å². The SMILES string of the molecule is OC1(CNC/C=C/c2ccco2)CCCCC1. The molecule has 0 unspecified atom stereocenters. The first-order valence-electron chi connectivity index (χ1n) is 6.42. The molecule has 3 heteroatoms. The summed E-state index contributed by atoms with van der Waals surface area (Å²) < 4.78 is 5.19. The van der Waals surface area contributed by atoms with Gasteiger partial charge in [0.25, 0.3) is 0 Å². The first kappa shape index (κ1) is 12.4. The molecule has 0 atom stereocenters. The van der Waals surface area contributed by atoms with Crippen LogP contribution in [0.5, 0.6) is 0 Å². The van der Waals surface area contributed by atoms with Gasteiger partial charge in [-0.15, -0.1) is 0 Å². The first-order valence-corrected chi connectivity index (χ1v) is 6.42. The van der Waals surface area contributed by atoms with E-state index in [4.69, 9.17) is 4.42 Å². The van der Waals surface area contributed by atoms with Gasteiger partial charge in [-0.1, -0.05) is 25.3 Å².